The van der Waals surface area contributed by atoms with Crippen molar-refractivity contribution in [2.45, 2.75) is 32.2 Å². The predicted octanol–water partition coefficient (Wildman–Crippen LogP) is 0.675. The second kappa shape index (κ2) is 1.47. The highest BCUT2D eigenvalue weighted by Gasteiger charge is 2.37. The number of hydrogen-bond donors (Lipinski definition) is 1. The van der Waals surface area contributed by atoms with Crippen LogP contribution in [0.5, 0.6) is 0 Å². The maximum Gasteiger partial charge on any atom is 0.217 e. The molecule has 1 aliphatic rings. The number of hydrogen-bond acceptors (Lipinski definition) is 1. The molecule has 46 valence electrons. The Morgan fingerprint density at radius 3 is 2.88 bits per heavy atom. The second-order valence-electron chi connectivity index (χ2n) is 2.51. The van der Waals surface area contributed by atoms with E-state index in [0.29, 0.717) is 0 Å². The Labute approximate surface area is 53.5 Å². The fourth-order valence-corrected chi connectivity index (χ4v) is 0.587. The molecular weight excluding hydrogens is 102 g/mol. The standard InChI is InChI=1S/C6H11NO/c1-5(8)7-6(2)3-4-6/h3-4H2,1-2H3,(H,7,8)/i1D3. The summed E-state index contributed by atoms with van der Waals surface area (Å²) in [5, 5.41) is 2.47. The van der Waals surface area contributed by atoms with Gasteiger partial charge >= 0.3 is 0 Å². The highest BCUT2D eigenvalue weighted by Crippen LogP contribution is 2.33. The molecule has 0 unspecified atom stereocenters. The van der Waals surface area contributed by atoms with E-state index in [1.54, 1.807) is 0 Å². The minimum Gasteiger partial charge on any atom is -0.351 e. The van der Waals surface area contributed by atoms with Crippen LogP contribution in [0.15, 0.2) is 0 Å². The maximum atomic E-state index is 10.8. The van der Waals surface area contributed by atoms with Crippen molar-refractivity contribution in [2.75, 3.05) is 0 Å². The quantitative estimate of drug-likeness (QED) is 0.536. The summed E-state index contributed by atoms with van der Waals surface area (Å²) in [5.41, 5.74) is -0.231. The smallest absolute Gasteiger partial charge is 0.217 e. The van der Waals surface area contributed by atoms with Crippen molar-refractivity contribution in [1.82, 2.24) is 5.32 Å². The Balaban J connectivity index is 2.44. The Kier molecular flexibility index (Phi) is 0.525. The van der Waals surface area contributed by atoms with Gasteiger partial charge in [0.05, 0.1) is 0 Å². The lowest BCUT2D eigenvalue weighted by Gasteiger charge is -2.06. The van der Waals surface area contributed by atoms with E-state index in [1.807, 2.05) is 6.92 Å². The zero-order valence-corrected chi connectivity index (χ0v) is 4.82. The van der Waals surface area contributed by atoms with Crippen LogP contribution in [0.4, 0.5) is 0 Å². The molecule has 1 aliphatic carbocycles. The van der Waals surface area contributed by atoms with Crippen LogP contribution in [0.2, 0.25) is 0 Å². The first-order valence-electron chi connectivity index (χ1n) is 4.16. The van der Waals surface area contributed by atoms with Crippen LogP contribution in [0.1, 0.15) is 30.7 Å². The van der Waals surface area contributed by atoms with Crippen LogP contribution in [0, 0.1) is 0 Å². The first kappa shape index (κ1) is 2.85. The van der Waals surface area contributed by atoms with E-state index in [-0.39, 0.29) is 5.54 Å². The molecule has 1 saturated carbocycles. The van der Waals surface area contributed by atoms with Crippen molar-refractivity contribution >= 4 is 5.91 Å². The van der Waals surface area contributed by atoms with Gasteiger partial charge in [-0.2, -0.15) is 0 Å². The summed E-state index contributed by atoms with van der Waals surface area (Å²) in [6.45, 7) is -0.651. The summed E-state index contributed by atoms with van der Waals surface area (Å²) in [6.07, 6.45) is 1.77. The topological polar surface area (TPSA) is 29.1 Å². The molecule has 0 spiro atoms. The molecule has 0 heterocycles. The summed E-state index contributed by atoms with van der Waals surface area (Å²) in [6, 6.07) is 0. The minimum absolute atomic E-state index is 0.231. The van der Waals surface area contributed by atoms with E-state index in [1.165, 1.54) is 0 Å². The highest BCUT2D eigenvalue weighted by atomic mass is 16.1. The zero-order valence-electron chi connectivity index (χ0n) is 7.82. The number of amides is 1. The number of carbonyl (C=O) groups is 1. The van der Waals surface area contributed by atoms with Crippen molar-refractivity contribution < 1.29 is 8.91 Å². The lowest BCUT2D eigenvalue weighted by Crippen LogP contribution is -2.31. The van der Waals surface area contributed by atoms with Gasteiger partial charge in [0.1, 0.15) is 0 Å². The van der Waals surface area contributed by atoms with E-state index in [2.05, 4.69) is 5.32 Å². The van der Waals surface area contributed by atoms with Gasteiger partial charge in [-0.25, -0.2) is 0 Å². The molecule has 2 nitrogen and oxygen atoms in total. The van der Waals surface area contributed by atoms with E-state index >= 15 is 0 Å². The van der Waals surface area contributed by atoms with Crippen molar-refractivity contribution in [3.63, 3.8) is 0 Å². The Bertz CT molecular complexity index is 183. The van der Waals surface area contributed by atoms with Gasteiger partial charge in [-0.3, -0.25) is 4.79 Å². The SMILES string of the molecule is [2H]C([2H])([2H])C(=O)NC1(C)CC1. The molecule has 1 rings (SSSR count). The Morgan fingerprint density at radius 2 is 2.50 bits per heavy atom. The molecule has 0 bridgehead atoms. The molecule has 2 heteroatoms. The number of nitrogens with one attached hydrogen (secondary N) is 1. The van der Waals surface area contributed by atoms with Crippen LogP contribution in [0.25, 0.3) is 0 Å². The van der Waals surface area contributed by atoms with E-state index in [0.717, 1.165) is 12.8 Å². The summed E-state index contributed by atoms with van der Waals surface area (Å²) >= 11 is 0. The van der Waals surface area contributed by atoms with Gasteiger partial charge in [0.2, 0.25) is 5.91 Å². The molecule has 0 atom stereocenters. The predicted molar refractivity (Wildman–Crippen MR) is 31.5 cm³/mol. The number of rotatable bonds is 1. The van der Waals surface area contributed by atoms with Crippen LogP contribution in [-0.2, 0) is 4.79 Å². The van der Waals surface area contributed by atoms with Gasteiger partial charge in [-0.1, -0.05) is 0 Å². The second-order valence-corrected chi connectivity index (χ2v) is 2.51. The van der Waals surface area contributed by atoms with Crippen molar-refractivity contribution in [1.29, 1.82) is 0 Å². The van der Waals surface area contributed by atoms with Gasteiger partial charge in [0.15, 0.2) is 0 Å². The average molecular weight is 116 g/mol. The zero-order chi connectivity index (χ0) is 8.70. The number of carbonyl (C=O) groups excluding carboxylic acids is 1. The molecule has 8 heavy (non-hydrogen) atoms. The van der Waals surface area contributed by atoms with Crippen molar-refractivity contribution in [3.05, 3.63) is 0 Å². The molecule has 0 radical (unpaired) electrons. The van der Waals surface area contributed by atoms with Crippen molar-refractivity contribution in [3.8, 4) is 0 Å². The molecule has 0 aromatic heterocycles. The lowest BCUT2D eigenvalue weighted by molar-refractivity contribution is -0.119. The first-order chi connectivity index (χ1) is 4.83. The third-order valence-electron chi connectivity index (χ3n) is 1.42. The summed E-state index contributed by atoms with van der Waals surface area (Å²) in [4.78, 5) is 10.8. The molecule has 0 aliphatic heterocycles. The van der Waals surface area contributed by atoms with Gasteiger partial charge in [0, 0.05) is 16.5 Å². The summed E-state index contributed by atoms with van der Waals surface area (Å²) < 4.78 is 20.3. The third-order valence-corrected chi connectivity index (χ3v) is 1.42. The normalized spacial score (nSPS) is 29.4. The molecule has 0 aromatic carbocycles. The molecule has 1 amide bonds. The Hall–Kier alpha value is -0.530. The van der Waals surface area contributed by atoms with Gasteiger partial charge in [-0.05, 0) is 19.8 Å². The van der Waals surface area contributed by atoms with Crippen molar-refractivity contribution in [2.24, 2.45) is 0 Å². The van der Waals surface area contributed by atoms with Crippen LogP contribution in [0.3, 0.4) is 0 Å². The van der Waals surface area contributed by atoms with E-state index in [9.17, 15) is 4.79 Å². The van der Waals surface area contributed by atoms with E-state index in [4.69, 9.17) is 4.11 Å². The molecule has 0 saturated heterocycles. The largest absolute Gasteiger partial charge is 0.351 e. The average Bonchev–Trinajstić information content (AvgIpc) is 2.45. The van der Waals surface area contributed by atoms with E-state index < -0.39 is 12.8 Å². The maximum absolute atomic E-state index is 10.8. The van der Waals surface area contributed by atoms with Gasteiger partial charge < -0.3 is 5.32 Å². The monoisotopic (exact) mass is 116 g/mol. The Morgan fingerprint density at radius 1 is 1.88 bits per heavy atom. The molecule has 1 fully saturated rings. The first-order valence-corrected chi connectivity index (χ1v) is 2.66. The third kappa shape index (κ3) is 1.22. The van der Waals surface area contributed by atoms with Crippen LogP contribution in [-0.4, -0.2) is 11.4 Å². The lowest BCUT2D eigenvalue weighted by atomic mass is 10.3. The highest BCUT2D eigenvalue weighted by molar-refractivity contribution is 5.74. The van der Waals surface area contributed by atoms with Gasteiger partial charge in [-0.15, -0.1) is 0 Å². The van der Waals surface area contributed by atoms with Crippen LogP contribution >= 0.6 is 0 Å². The molecule has 0 aromatic rings. The van der Waals surface area contributed by atoms with Crippen LogP contribution < -0.4 is 5.32 Å². The summed E-state index contributed by atoms with van der Waals surface area (Å²) in [7, 11) is 0. The van der Waals surface area contributed by atoms with Gasteiger partial charge in [0.25, 0.3) is 0 Å². The fourth-order valence-electron chi connectivity index (χ4n) is 0.587. The summed E-state index contributed by atoms with van der Waals surface area (Å²) in [5.74, 6) is -0.836. The molecule has 1 N–H and O–H groups in total. The fraction of sp³-hybridized carbons (Fsp3) is 0.833. The minimum atomic E-state index is -2.49. The molecular formula is C6H11NO.